The lowest BCUT2D eigenvalue weighted by molar-refractivity contribution is -0.395. The summed E-state index contributed by atoms with van der Waals surface area (Å²) in [6, 6.07) is 2.45. The molecule has 1 aromatic carbocycles. The number of nitro groups is 2. The van der Waals surface area contributed by atoms with Crippen LogP contribution in [0.3, 0.4) is 0 Å². The van der Waals surface area contributed by atoms with Crippen molar-refractivity contribution in [3.63, 3.8) is 0 Å². The highest BCUT2D eigenvalue weighted by Crippen LogP contribution is 2.30. The van der Waals surface area contributed by atoms with Gasteiger partial charge in [0.2, 0.25) is 0 Å². The van der Waals surface area contributed by atoms with Gasteiger partial charge in [0.15, 0.2) is 0 Å². The Hall–Kier alpha value is -2.31. The van der Waals surface area contributed by atoms with Crippen LogP contribution in [0.4, 0.5) is 11.4 Å². The van der Waals surface area contributed by atoms with E-state index in [0.29, 0.717) is 5.56 Å². The molecule has 0 amide bonds. The number of nitro benzene ring substituents is 2. The predicted octanol–water partition coefficient (Wildman–Crippen LogP) is 1.94. The third kappa shape index (κ3) is 2.83. The molecule has 0 aliphatic rings. The van der Waals surface area contributed by atoms with Gasteiger partial charge in [0.1, 0.15) is 11.3 Å². The summed E-state index contributed by atoms with van der Waals surface area (Å²) in [5, 5.41) is 21.6. The number of rotatable bonds is 4. The molecule has 17 heavy (non-hydrogen) atoms. The smallest absolute Gasteiger partial charge is 0.280 e. The number of hydrogen-bond donors (Lipinski definition) is 0. The number of benzene rings is 1. The Morgan fingerprint density at radius 2 is 1.59 bits per heavy atom. The van der Waals surface area contributed by atoms with Gasteiger partial charge in [0, 0.05) is 18.6 Å². The molecule has 90 valence electrons. The van der Waals surface area contributed by atoms with Gasteiger partial charge < -0.3 is 0 Å². The first-order valence-electron chi connectivity index (χ1n) is 4.74. The van der Waals surface area contributed by atoms with Crippen LogP contribution in [-0.2, 0) is 11.2 Å². The number of Topliss-reactive ketones (excluding diaryl/α,β-unsaturated/α-hetero) is 1. The van der Waals surface area contributed by atoms with Crippen LogP contribution >= 0.6 is 0 Å². The average molecular weight is 238 g/mol. The van der Waals surface area contributed by atoms with Gasteiger partial charge in [0.05, 0.1) is 9.85 Å². The highest BCUT2D eigenvalue weighted by Gasteiger charge is 2.26. The quantitative estimate of drug-likeness (QED) is 0.588. The second-order valence-corrected chi connectivity index (χ2v) is 3.67. The van der Waals surface area contributed by atoms with Crippen molar-refractivity contribution in [3.05, 3.63) is 43.5 Å². The Morgan fingerprint density at radius 1 is 1.18 bits per heavy atom. The van der Waals surface area contributed by atoms with Gasteiger partial charge in [-0.05, 0) is 19.4 Å². The first kappa shape index (κ1) is 12.8. The van der Waals surface area contributed by atoms with Crippen LogP contribution in [0, 0.1) is 27.2 Å². The van der Waals surface area contributed by atoms with E-state index in [-0.39, 0.29) is 29.1 Å². The molecule has 0 fully saturated rings. The number of aryl methyl sites for hydroxylation is 1. The minimum absolute atomic E-state index is 0.141. The Labute approximate surface area is 96.4 Å². The minimum atomic E-state index is -0.710. The zero-order chi connectivity index (χ0) is 13.2. The fraction of sp³-hybridized carbons (Fsp3) is 0.300. The first-order valence-corrected chi connectivity index (χ1v) is 4.74. The normalized spacial score (nSPS) is 10.0. The third-order valence-electron chi connectivity index (χ3n) is 2.17. The van der Waals surface area contributed by atoms with Crippen molar-refractivity contribution in [2.45, 2.75) is 20.3 Å². The molecule has 0 unspecified atom stereocenters. The van der Waals surface area contributed by atoms with Gasteiger partial charge >= 0.3 is 0 Å². The number of carbonyl (C=O) groups is 1. The van der Waals surface area contributed by atoms with E-state index in [1.165, 1.54) is 26.0 Å². The van der Waals surface area contributed by atoms with Crippen LogP contribution in [0.15, 0.2) is 12.1 Å². The molecule has 0 atom stereocenters. The van der Waals surface area contributed by atoms with Gasteiger partial charge in [0.25, 0.3) is 11.4 Å². The Kier molecular flexibility index (Phi) is 3.52. The van der Waals surface area contributed by atoms with Crippen molar-refractivity contribution in [1.82, 2.24) is 0 Å². The van der Waals surface area contributed by atoms with Crippen molar-refractivity contribution in [2.75, 3.05) is 0 Å². The van der Waals surface area contributed by atoms with Gasteiger partial charge in [-0.15, -0.1) is 0 Å². The lowest BCUT2D eigenvalue weighted by Crippen LogP contribution is -2.06. The molecule has 7 nitrogen and oxygen atoms in total. The summed E-state index contributed by atoms with van der Waals surface area (Å²) in [5.74, 6) is -0.361. The molecule has 0 aliphatic heterocycles. The van der Waals surface area contributed by atoms with E-state index < -0.39 is 9.85 Å². The summed E-state index contributed by atoms with van der Waals surface area (Å²) in [6.45, 7) is 2.75. The molecule has 0 saturated carbocycles. The van der Waals surface area contributed by atoms with E-state index in [0.717, 1.165) is 0 Å². The Morgan fingerprint density at radius 3 is 1.88 bits per heavy atom. The van der Waals surface area contributed by atoms with E-state index in [1.807, 2.05) is 0 Å². The van der Waals surface area contributed by atoms with Gasteiger partial charge in [-0.2, -0.15) is 0 Å². The van der Waals surface area contributed by atoms with Crippen LogP contribution in [0.5, 0.6) is 0 Å². The van der Waals surface area contributed by atoms with Gasteiger partial charge in [-0.25, -0.2) is 0 Å². The molecule has 0 spiro atoms. The summed E-state index contributed by atoms with van der Waals surface area (Å²) >= 11 is 0. The maximum atomic E-state index is 11.0. The maximum absolute atomic E-state index is 11.0. The first-order chi connectivity index (χ1) is 7.82. The number of carbonyl (C=O) groups excluding carboxylic acids is 1. The molecule has 0 aromatic heterocycles. The number of hydrogen-bond acceptors (Lipinski definition) is 5. The van der Waals surface area contributed by atoms with Gasteiger partial charge in [-0.3, -0.25) is 25.0 Å². The van der Waals surface area contributed by atoms with Gasteiger partial charge in [-0.1, -0.05) is 0 Å². The van der Waals surface area contributed by atoms with Crippen molar-refractivity contribution in [3.8, 4) is 0 Å². The number of nitrogens with zero attached hydrogens (tertiary/aromatic N) is 2. The lowest BCUT2D eigenvalue weighted by atomic mass is 10.0. The predicted molar refractivity (Wildman–Crippen MR) is 58.9 cm³/mol. The second-order valence-electron chi connectivity index (χ2n) is 3.67. The molecule has 0 heterocycles. The third-order valence-corrected chi connectivity index (χ3v) is 2.17. The van der Waals surface area contributed by atoms with E-state index in [4.69, 9.17) is 0 Å². The van der Waals surface area contributed by atoms with Crippen LogP contribution < -0.4 is 0 Å². The fourth-order valence-electron chi connectivity index (χ4n) is 1.53. The number of ketones is 1. The summed E-state index contributed by atoms with van der Waals surface area (Å²) in [5.41, 5.74) is -0.493. The minimum Gasteiger partial charge on any atom is -0.300 e. The molecule has 0 aliphatic carbocycles. The molecular formula is C10H10N2O5. The van der Waals surface area contributed by atoms with E-state index in [1.54, 1.807) is 0 Å². The van der Waals surface area contributed by atoms with E-state index >= 15 is 0 Å². The van der Waals surface area contributed by atoms with Crippen molar-refractivity contribution >= 4 is 17.2 Å². The fourth-order valence-corrected chi connectivity index (χ4v) is 1.53. The molecule has 0 radical (unpaired) electrons. The molecule has 7 heteroatoms. The average Bonchev–Trinajstić information content (AvgIpc) is 2.18. The van der Waals surface area contributed by atoms with Crippen LogP contribution in [0.1, 0.15) is 18.1 Å². The monoisotopic (exact) mass is 238 g/mol. The largest absolute Gasteiger partial charge is 0.300 e. The Balaban J connectivity index is 3.52. The van der Waals surface area contributed by atoms with E-state index in [9.17, 15) is 25.0 Å². The van der Waals surface area contributed by atoms with Crippen LogP contribution in [0.2, 0.25) is 0 Å². The van der Waals surface area contributed by atoms with Crippen LogP contribution in [-0.4, -0.2) is 15.6 Å². The van der Waals surface area contributed by atoms with E-state index in [2.05, 4.69) is 0 Å². The highest BCUT2D eigenvalue weighted by molar-refractivity contribution is 5.81. The maximum Gasteiger partial charge on any atom is 0.280 e. The van der Waals surface area contributed by atoms with Crippen LogP contribution in [0.25, 0.3) is 0 Å². The molecule has 1 aromatic rings. The van der Waals surface area contributed by atoms with Crippen molar-refractivity contribution < 1.29 is 14.6 Å². The molecule has 0 N–H and O–H groups in total. The summed E-state index contributed by atoms with van der Waals surface area (Å²) in [7, 11) is 0. The second kappa shape index (κ2) is 4.69. The zero-order valence-corrected chi connectivity index (χ0v) is 9.30. The van der Waals surface area contributed by atoms with Crippen molar-refractivity contribution in [1.29, 1.82) is 0 Å². The standard InChI is InChI=1S/C10H10N2O5/c1-6-3-9(11(14)15)8(5-7(2)13)10(4-6)12(16)17/h3-4H,5H2,1-2H3. The molecular weight excluding hydrogens is 228 g/mol. The summed E-state index contributed by atoms with van der Waals surface area (Å²) in [4.78, 5) is 31.2. The lowest BCUT2D eigenvalue weighted by Gasteiger charge is -2.03. The summed E-state index contributed by atoms with van der Waals surface area (Å²) < 4.78 is 0. The zero-order valence-electron chi connectivity index (χ0n) is 9.30. The summed E-state index contributed by atoms with van der Waals surface area (Å²) in [6.07, 6.45) is -0.313. The molecule has 0 saturated heterocycles. The molecule has 0 bridgehead atoms. The Bertz CT molecular complexity index is 474. The topological polar surface area (TPSA) is 103 Å². The SMILES string of the molecule is CC(=O)Cc1c([N+](=O)[O-])cc(C)cc1[N+](=O)[O-]. The molecule has 1 rings (SSSR count). The highest BCUT2D eigenvalue weighted by atomic mass is 16.6. The van der Waals surface area contributed by atoms with Crippen molar-refractivity contribution in [2.24, 2.45) is 0 Å².